The molecule has 1 unspecified atom stereocenters. The summed E-state index contributed by atoms with van der Waals surface area (Å²) in [5.41, 5.74) is 3.96. The zero-order valence-electron chi connectivity index (χ0n) is 14.9. The normalized spacial score (nSPS) is 12.2. The molecule has 0 spiro atoms. The topological polar surface area (TPSA) is 38.8 Å². The third-order valence-electron chi connectivity index (χ3n) is 4.15. The van der Waals surface area contributed by atoms with Gasteiger partial charge < -0.3 is 13.1 Å². The van der Waals surface area contributed by atoms with Crippen molar-refractivity contribution in [1.82, 2.24) is 0 Å². The van der Waals surface area contributed by atoms with E-state index >= 15 is 0 Å². The van der Waals surface area contributed by atoms with E-state index in [-0.39, 0.29) is 0 Å². The highest BCUT2D eigenvalue weighted by Crippen LogP contribution is 2.40. The van der Waals surface area contributed by atoms with E-state index in [1.165, 1.54) is 5.56 Å². The van der Waals surface area contributed by atoms with Crippen LogP contribution in [-0.2, 0) is 0 Å². The van der Waals surface area contributed by atoms with Crippen molar-refractivity contribution in [3.63, 3.8) is 0 Å². The number of ether oxygens (including phenoxy) is 1. The second-order valence-electron chi connectivity index (χ2n) is 5.90. The number of fused-ring (bicyclic) bond motifs is 3. The average Bonchev–Trinajstić information content (AvgIpc) is 2.72. The number of hydrogen-bond acceptors (Lipinski definition) is 4. The molecule has 4 nitrogen and oxygen atoms in total. The molecule has 1 aromatic heterocycles. The molecule has 0 aliphatic heterocycles. The Morgan fingerprint density at radius 2 is 1.67 bits per heavy atom. The largest absolute Gasteiger partial charge is 0.493 e. The van der Waals surface area contributed by atoms with E-state index in [2.05, 4.69) is 50.6 Å². The maximum Gasteiger partial charge on any atom is 0.309 e. The molecule has 5 heteroatoms. The van der Waals surface area contributed by atoms with E-state index in [1.54, 1.807) is 7.11 Å². The van der Waals surface area contributed by atoms with Crippen LogP contribution in [0, 0.1) is 13.8 Å². The number of rotatable bonds is 4. The minimum atomic E-state index is -1.22. The Labute approximate surface area is 143 Å². The first-order valence-corrected chi connectivity index (χ1v) is 9.41. The molecule has 0 aliphatic rings. The zero-order valence-corrected chi connectivity index (χ0v) is 15.8. The fourth-order valence-electron chi connectivity index (χ4n) is 2.87. The number of nitrogens with zero attached hydrogens (tertiary/aromatic N) is 1. The Hall–Kier alpha value is -1.90. The summed E-state index contributed by atoms with van der Waals surface area (Å²) in [6, 6.07) is 10.4. The van der Waals surface area contributed by atoms with Crippen LogP contribution in [0.3, 0.4) is 0 Å². The van der Waals surface area contributed by atoms with Crippen molar-refractivity contribution in [3.05, 3.63) is 41.5 Å². The van der Waals surface area contributed by atoms with Gasteiger partial charge in [-0.2, -0.15) is 0 Å². The average molecular weight is 345 g/mol. The second kappa shape index (κ2) is 6.92. The van der Waals surface area contributed by atoms with Crippen molar-refractivity contribution < 1.29 is 13.1 Å². The summed E-state index contributed by atoms with van der Waals surface area (Å²) in [5.74, 6) is 0.752. The molecule has 3 rings (SSSR count). The van der Waals surface area contributed by atoms with Crippen LogP contribution in [0.1, 0.15) is 25.0 Å². The summed E-state index contributed by atoms with van der Waals surface area (Å²) in [6.07, 6.45) is 0. The fourth-order valence-corrected chi connectivity index (χ4v) is 4.27. The van der Waals surface area contributed by atoms with Gasteiger partial charge in [-0.05, 0) is 43.7 Å². The van der Waals surface area contributed by atoms with Crippen molar-refractivity contribution >= 4 is 30.1 Å². The minimum Gasteiger partial charge on any atom is -0.493 e. The quantitative estimate of drug-likeness (QED) is 0.591. The highest BCUT2D eigenvalue weighted by molar-refractivity contribution is 7.38. The van der Waals surface area contributed by atoms with Crippen molar-refractivity contribution in [2.45, 2.75) is 27.7 Å². The number of aryl methyl sites for hydroxylation is 2. The molecule has 0 amide bonds. The Kier molecular flexibility index (Phi) is 4.88. The molecule has 3 aromatic rings. The third kappa shape index (κ3) is 3.04. The van der Waals surface area contributed by atoms with Crippen molar-refractivity contribution in [2.75, 3.05) is 24.9 Å². The van der Waals surface area contributed by atoms with Gasteiger partial charge in [0.05, 0.1) is 7.11 Å². The standard InChI is InChI=1S/C19H24NO3P/c1-6-20(7-2)24-22-17-9-8-13(3)10-15(17)16-11-14(4)12-18(21-5)19(16)23-24/h8-12H,6-7H2,1-5H3. The molecule has 2 aromatic carbocycles. The van der Waals surface area contributed by atoms with Gasteiger partial charge in [-0.15, -0.1) is 0 Å². The van der Waals surface area contributed by atoms with Crippen molar-refractivity contribution in [2.24, 2.45) is 0 Å². The third-order valence-corrected chi connectivity index (χ3v) is 5.87. The van der Waals surface area contributed by atoms with Crippen LogP contribution in [0.25, 0.3) is 21.9 Å². The van der Waals surface area contributed by atoms with Gasteiger partial charge in [0.25, 0.3) is 0 Å². The maximum atomic E-state index is 6.34. The predicted octanol–water partition coefficient (Wildman–Crippen LogP) is 5.89. The first kappa shape index (κ1) is 16.9. The van der Waals surface area contributed by atoms with Gasteiger partial charge in [0.15, 0.2) is 11.3 Å². The molecule has 0 aliphatic carbocycles. The summed E-state index contributed by atoms with van der Waals surface area (Å²) < 4.78 is 20.4. The molecule has 0 bridgehead atoms. The zero-order chi connectivity index (χ0) is 17.3. The van der Waals surface area contributed by atoms with Crippen LogP contribution in [-0.4, -0.2) is 20.2 Å². The van der Waals surface area contributed by atoms with Gasteiger partial charge >= 0.3 is 8.16 Å². The molecular weight excluding hydrogens is 321 g/mol. The summed E-state index contributed by atoms with van der Waals surface area (Å²) in [6.45, 7) is 10.1. The lowest BCUT2D eigenvalue weighted by Crippen LogP contribution is -2.17. The van der Waals surface area contributed by atoms with Crippen LogP contribution in [0.5, 0.6) is 5.75 Å². The van der Waals surface area contributed by atoms with Gasteiger partial charge in [-0.25, -0.2) is 4.67 Å². The van der Waals surface area contributed by atoms with Gasteiger partial charge in [0.2, 0.25) is 0 Å². The number of hydrogen-bond donors (Lipinski definition) is 0. The van der Waals surface area contributed by atoms with Crippen LogP contribution in [0.4, 0.5) is 0 Å². The van der Waals surface area contributed by atoms with E-state index < -0.39 is 8.16 Å². The Morgan fingerprint density at radius 3 is 2.33 bits per heavy atom. The summed E-state index contributed by atoms with van der Waals surface area (Å²) >= 11 is 0. The van der Waals surface area contributed by atoms with E-state index in [4.69, 9.17) is 13.1 Å². The molecule has 1 atom stereocenters. The van der Waals surface area contributed by atoms with Crippen molar-refractivity contribution in [1.29, 1.82) is 0 Å². The Bertz CT molecular complexity index is 914. The molecule has 0 fully saturated rings. The van der Waals surface area contributed by atoms with Gasteiger partial charge in [-0.3, -0.25) is 0 Å². The van der Waals surface area contributed by atoms with E-state index in [0.717, 1.165) is 46.3 Å². The lowest BCUT2D eigenvalue weighted by molar-refractivity contribution is 0.412. The smallest absolute Gasteiger partial charge is 0.309 e. The molecule has 0 N–H and O–H groups in total. The van der Waals surface area contributed by atoms with Gasteiger partial charge in [0.1, 0.15) is 5.58 Å². The number of benzene rings is 2. The number of methoxy groups -OCH3 is 1. The summed E-state index contributed by atoms with van der Waals surface area (Å²) in [4.78, 5) is 0. The first-order valence-electron chi connectivity index (χ1n) is 8.28. The van der Waals surface area contributed by atoms with Gasteiger partial charge in [0, 0.05) is 23.9 Å². The molecule has 0 radical (unpaired) electrons. The maximum absolute atomic E-state index is 6.34. The molecular formula is C19H24NO3P. The minimum absolute atomic E-state index is 0.752. The summed E-state index contributed by atoms with van der Waals surface area (Å²) in [7, 11) is 0.458. The lowest BCUT2D eigenvalue weighted by Gasteiger charge is -2.13. The van der Waals surface area contributed by atoms with Crippen LogP contribution in [0.2, 0.25) is 0 Å². The summed E-state index contributed by atoms with van der Waals surface area (Å²) in [5, 5.41) is 2.09. The highest BCUT2D eigenvalue weighted by atomic mass is 31.1. The second-order valence-corrected chi connectivity index (χ2v) is 7.31. The SMILES string of the molecule is CCN(CC)p1oc2ccc(C)cc2c2cc(C)cc(OC)c2o1. The predicted molar refractivity (Wildman–Crippen MR) is 102 cm³/mol. The van der Waals surface area contributed by atoms with Crippen LogP contribution >= 0.6 is 8.16 Å². The van der Waals surface area contributed by atoms with E-state index in [1.807, 2.05) is 12.1 Å². The molecule has 24 heavy (non-hydrogen) atoms. The van der Waals surface area contributed by atoms with Gasteiger partial charge in [-0.1, -0.05) is 25.5 Å². The van der Waals surface area contributed by atoms with Crippen LogP contribution < -0.4 is 9.41 Å². The highest BCUT2D eigenvalue weighted by Gasteiger charge is 2.15. The monoisotopic (exact) mass is 345 g/mol. The first-order chi connectivity index (χ1) is 11.6. The Morgan fingerprint density at radius 1 is 0.958 bits per heavy atom. The molecule has 1 heterocycles. The van der Waals surface area contributed by atoms with Crippen molar-refractivity contribution in [3.8, 4) is 5.75 Å². The fraction of sp³-hybridized carbons (Fsp3) is 0.368. The molecule has 128 valence electrons. The molecule has 0 saturated carbocycles. The molecule has 0 saturated heterocycles. The lowest BCUT2D eigenvalue weighted by atomic mass is 10.1. The van der Waals surface area contributed by atoms with Crippen LogP contribution in [0.15, 0.2) is 38.7 Å². The Balaban J connectivity index is 2.53. The van der Waals surface area contributed by atoms with E-state index in [0.29, 0.717) is 0 Å². The van der Waals surface area contributed by atoms with E-state index in [9.17, 15) is 0 Å².